The van der Waals surface area contributed by atoms with Gasteiger partial charge in [0.05, 0.1) is 33.7 Å². The first-order chi connectivity index (χ1) is 12.1. The largest absolute Gasteiger partial charge is 0.382 e. The Bertz CT molecular complexity index is 380. The van der Waals surface area contributed by atoms with Crippen LogP contribution in [0.2, 0.25) is 0 Å². The van der Waals surface area contributed by atoms with Crippen LogP contribution in [0.1, 0.15) is 13.8 Å². The van der Waals surface area contributed by atoms with Gasteiger partial charge in [-0.2, -0.15) is 0 Å². The number of methoxy groups -OCH3 is 6. The maximum Gasteiger partial charge on any atom is 0.131 e. The smallest absolute Gasteiger partial charge is 0.131 e. The van der Waals surface area contributed by atoms with Crippen molar-refractivity contribution in [2.75, 3.05) is 55.9 Å². The molecule has 0 heterocycles. The fourth-order valence-corrected chi connectivity index (χ4v) is 14.3. The van der Waals surface area contributed by atoms with E-state index in [1.165, 1.54) is 0 Å². The van der Waals surface area contributed by atoms with Gasteiger partial charge < -0.3 is 28.4 Å². The first-order valence-corrected chi connectivity index (χ1v) is 14.8. The lowest BCUT2D eigenvalue weighted by Crippen LogP contribution is -2.55. The monoisotopic (exact) mass is 482 g/mol. The molecule has 0 aromatic heterocycles. The summed E-state index contributed by atoms with van der Waals surface area (Å²) in [5.74, 6) is 0. The van der Waals surface area contributed by atoms with E-state index in [1.54, 1.807) is 83.9 Å². The molecule has 0 saturated carbocycles. The topological polar surface area (TPSA) is 55.4 Å². The van der Waals surface area contributed by atoms with Crippen LogP contribution in [0.4, 0.5) is 0 Å². The van der Waals surface area contributed by atoms with Gasteiger partial charge in [0.1, 0.15) is 20.3 Å². The predicted octanol–water partition coefficient (Wildman–Crippen LogP) is 1.10. The predicted molar refractivity (Wildman–Crippen MR) is 124 cm³/mol. The van der Waals surface area contributed by atoms with E-state index in [9.17, 15) is 0 Å². The molecule has 12 heteroatoms. The third kappa shape index (κ3) is 6.56. The average molecular weight is 483 g/mol. The van der Waals surface area contributed by atoms with Gasteiger partial charge in [0.15, 0.2) is 0 Å². The molecule has 4 atom stereocenters. The van der Waals surface area contributed by atoms with Crippen LogP contribution in [-0.2, 0) is 28.4 Å². The fourth-order valence-electron chi connectivity index (χ4n) is 2.14. The summed E-state index contributed by atoms with van der Waals surface area (Å²) in [5, 5.41) is 0. The molecule has 6 nitrogen and oxygen atoms in total. The molecular formula is C14H34O6S4Si2. The van der Waals surface area contributed by atoms with Gasteiger partial charge in [-0.15, -0.1) is 0 Å². The summed E-state index contributed by atoms with van der Waals surface area (Å²) in [6, 6.07) is 0. The number of hydrogen-bond donors (Lipinski definition) is 0. The van der Waals surface area contributed by atoms with E-state index in [0.717, 1.165) is 20.5 Å². The van der Waals surface area contributed by atoms with E-state index in [4.69, 9.17) is 28.4 Å². The molecule has 0 aliphatic carbocycles. The van der Waals surface area contributed by atoms with Crippen LogP contribution in [0.15, 0.2) is 0 Å². The SMILES string of the molecule is COCC(C)(OC)C([SiH3])(OC)SSSSC([SiH3])(OC)C(C)(COC)OC. The minimum Gasteiger partial charge on any atom is -0.382 e. The Morgan fingerprint density at radius 1 is 0.615 bits per heavy atom. The van der Waals surface area contributed by atoms with Crippen LogP contribution in [-0.4, -0.2) is 96.7 Å². The lowest BCUT2D eigenvalue weighted by molar-refractivity contribution is -0.120. The highest BCUT2D eigenvalue weighted by molar-refractivity contribution is 9.26. The molecule has 4 unspecified atom stereocenters. The highest BCUT2D eigenvalue weighted by Crippen LogP contribution is 2.56. The maximum absolute atomic E-state index is 5.84. The van der Waals surface area contributed by atoms with Crippen molar-refractivity contribution in [3.63, 3.8) is 0 Å². The molecular weight excluding hydrogens is 449 g/mol. The van der Waals surface area contributed by atoms with E-state index in [1.807, 2.05) is 13.8 Å². The van der Waals surface area contributed by atoms with Gasteiger partial charge >= 0.3 is 0 Å². The number of ether oxygens (including phenoxy) is 6. The third-order valence-corrected chi connectivity index (χ3v) is 18.5. The molecule has 26 heavy (non-hydrogen) atoms. The average Bonchev–Trinajstić information content (AvgIpc) is 2.64. The quantitative estimate of drug-likeness (QED) is 0.147. The van der Waals surface area contributed by atoms with Gasteiger partial charge in [-0.3, -0.25) is 0 Å². The van der Waals surface area contributed by atoms with Crippen LogP contribution < -0.4 is 0 Å². The lowest BCUT2D eigenvalue weighted by atomic mass is 10.1. The standard InChI is InChI=1S/C14H34O6S4Si2/c1-11(17-5,9-15-3)13(25,19-7)21-23-24-22-14(26,20-8)12(2,18-6)10-16-4/h9-10H2,1-8,25-26H3. The molecule has 0 aliphatic heterocycles. The Kier molecular flexibility index (Phi) is 13.1. The zero-order valence-electron chi connectivity index (χ0n) is 17.5. The van der Waals surface area contributed by atoms with Crippen molar-refractivity contribution in [2.24, 2.45) is 0 Å². The second kappa shape index (κ2) is 12.3. The van der Waals surface area contributed by atoms with Gasteiger partial charge in [0, 0.05) is 42.7 Å². The van der Waals surface area contributed by atoms with Crippen molar-refractivity contribution in [2.45, 2.75) is 34.2 Å². The highest BCUT2D eigenvalue weighted by atomic mass is 33.7. The molecule has 0 aliphatic rings. The van der Waals surface area contributed by atoms with Gasteiger partial charge in [-0.1, -0.05) is 0 Å². The molecule has 0 bridgehead atoms. The third-order valence-electron chi connectivity index (χ3n) is 4.85. The lowest BCUT2D eigenvalue weighted by Gasteiger charge is -2.44. The summed E-state index contributed by atoms with van der Waals surface area (Å²) in [6.45, 7) is 4.96. The minimum atomic E-state index is -0.526. The zero-order chi connectivity index (χ0) is 20.5. The molecule has 0 saturated heterocycles. The highest BCUT2D eigenvalue weighted by Gasteiger charge is 2.49. The zero-order valence-corrected chi connectivity index (χ0v) is 24.8. The molecule has 0 aromatic carbocycles. The summed E-state index contributed by atoms with van der Waals surface area (Å²) in [5.41, 5.74) is -1.05. The van der Waals surface area contributed by atoms with Crippen molar-refractivity contribution in [1.29, 1.82) is 0 Å². The van der Waals surface area contributed by atoms with Gasteiger partial charge in [-0.25, -0.2) is 0 Å². The second-order valence-corrected chi connectivity index (χ2v) is 17.0. The Morgan fingerprint density at radius 2 is 0.923 bits per heavy atom. The van der Waals surface area contributed by atoms with Crippen molar-refractivity contribution in [1.82, 2.24) is 0 Å². The minimum absolute atomic E-state index is 0.450. The Balaban J connectivity index is 4.97. The Morgan fingerprint density at radius 3 is 1.12 bits per heavy atom. The van der Waals surface area contributed by atoms with E-state index in [2.05, 4.69) is 0 Å². The first-order valence-electron chi connectivity index (χ1n) is 7.96. The second-order valence-electron chi connectivity index (χ2n) is 6.34. The van der Waals surface area contributed by atoms with E-state index in [-0.39, 0.29) is 0 Å². The molecule has 0 spiro atoms. The molecule has 0 fully saturated rings. The summed E-state index contributed by atoms with van der Waals surface area (Å²) >= 11 is 0. The van der Waals surface area contributed by atoms with Gasteiger partial charge in [0.2, 0.25) is 0 Å². The molecule has 0 rings (SSSR count). The summed E-state index contributed by atoms with van der Waals surface area (Å²) in [6.07, 6.45) is 0. The van der Waals surface area contributed by atoms with Crippen LogP contribution >= 0.6 is 41.2 Å². The van der Waals surface area contributed by atoms with Crippen LogP contribution in [0.5, 0.6) is 0 Å². The Hall–Kier alpha value is 1.59. The molecule has 0 amide bonds. The summed E-state index contributed by atoms with van der Waals surface area (Å²) in [4.78, 5) is 0. The molecule has 0 N–H and O–H groups in total. The van der Waals surface area contributed by atoms with Crippen LogP contribution in [0.3, 0.4) is 0 Å². The van der Waals surface area contributed by atoms with E-state index in [0.29, 0.717) is 13.2 Å². The van der Waals surface area contributed by atoms with E-state index >= 15 is 0 Å². The van der Waals surface area contributed by atoms with E-state index < -0.39 is 20.3 Å². The number of rotatable bonds is 15. The molecule has 0 aromatic rings. The molecule has 158 valence electrons. The van der Waals surface area contributed by atoms with Crippen molar-refractivity contribution >= 4 is 61.7 Å². The van der Waals surface area contributed by atoms with Gasteiger partial charge in [0.25, 0.3) is 0 Å². The fraction of sp³-hybridized carbons (Fsp3) is 1.00. The van der Waals surface area contributed by atoms with Crippen LogP contribution in [0, 0.1) is 0 Å². The van der Waals surface area contributed by atoms with Crippen molar-refractivity contribution < 1.29 is 28.4 Å². The molecule has 0 radical (unpaired) electrons. The number of hydrogen-bond acceptors (Lipinski definition) is 10. The van der Waals surface area contributed by atoms with Crippen LogP contribution in [0.25, 0.3) is 0 Å². The summed E-state index contributed by atoms with van der Waals surface area (Å²) in [7, 11) is 18.4. The van der Waals surface area contributed by atoms with Gasteiger partial charge in [-0.05, 0) is 55.1 Å². The Labute approximate surface area is 179 Å². The maximum atomic E-state index is 5.84. The normalized spacial score (nSPS) is 21.7. The van der Waals surface area contributed by atoms with Crippen molar-refractivity contribution in [3.05, 3.63) is 0 Å². The van der Waals surface area contributed by atoms with Crippen molar-refractivity contribution in [3.8, 4) is 0 Å². The first kappa shape index (κ1) is 27.6. The summed E-state index contributed by atoms with van der Waals surface area (Å²) < 4.78 is 33.0.